The number of carbonyl (C=O) groups excluding carboxylic acids is 2. The summed E-state index contributed by atoms with van der Waals surface area (Å²) in [5, 5.41) is 0. The van der Waals surface area contributed by atoms with Crippen molar-refractivity contribution in [3.05, 3.63) is 0 Å². The van der Waals surface area contributed by atoms with E-state index in [4.69, 9.17) is 18.9 Å². The number of esters is 2. The van der Waals surface area contributed by atoms with Crippen LogP contribution < -0.4 is 0 Å². The lowest BCUT2D eigenvalue weighted by Gasteiger charge is -2.61. The fourth-order valence-corrected chi connectivity index (χ4v) is 6.28. The second-order valence-corrected chi connectivity index (χ2v) is 10.9. The van der Waals surface area contributed by atoms with Gasteiger partial charge in [-0.05, 0) is 84.0 Å². The third kappa shape index (κ3) is 4.40. The highest BCUT2D eigenvalue weighted by Gasteiger charge is 2.61. The van der Waals surface area contributed by atoms with Crippen LogP contribution in [0.5, 0.6) is 0 Å². The van der Waals surface area contributed by atoms with Crippen LogP contribution in [0.4, 0.5) is 0 Å². The molecule has 6 heteroatoms. The monoisotopic (exact) mass is 422 g/mol. The van der Waals surface area contributed by atoms with Crippen LogP contribution in [0.2, 0.25) is 0 Å². The highest BCUT2D eigenvalue weighted by atomic mass is 16.7. The van der Waals surface area contributed by atoms with Crippen LogP contribution in [0.15, 0.2) is 0 Å². The topological polar surface area (TPSA) is 71.1 Å². The minimum absolute atomic E-state index is 0.107. The van der Waals surface area contributed by atoms with Crippen molar-refractivity contribution in [2.75, 3.05) is 6.61 Å². The SMILES string of the molecule is CCC(C)(C)C(=O)OC12CC3CC(C1)CC(OC(C)C(=O)OC1CCCCO1)(C3)C2. The first-order valence-corrected chi connectivity index (χ1v) is 11.9. The third-order valence-electron chi connectivity index (χ3n) is 7.84. The lowest BCUT2D eigenvalue weighted by atomic mass is 9.52. The van der Waals surface area contributed by atoms with Gasteiger partial charge in [-0.25, -0.2) is 4.79 Å². The molecule has 0 radical (unpaired) electrons. The average Bonchev–Trinajstić information content (AvgIpc) is 2.66. The zero-order valence-corrected chi connectivity index (χ0v) is 19.0. The molecule has 4 bridgehead atoms. The molecule has 0 aromatic carbocycles. The van der Waals surface area contributed by atoms with Gasteiger partial charge in [0.25, 0.3) is 0 Å². The van der Waals surface area contributed by atoms with E-state index >= 15 is 0 Å². The average molecular weight is 423 g/mol. The summed E-state index contributed by atoms with van der Waals surface area (Å²) in [6, 6.07) is 0. The molecule has 4 aliphatic carbocycles. The Morgan fingerprint density at radius 3 is 2.37 bits per heavy atom. The quantitative estimate of drug-likeness (QED) is 0.561. The van der Waals surface area contributed by atoms with Gasteiger partial charge in [-0.3, -0.25) is 4.79 Å². The fourth-order valence-electron chi connectivity index (χ4n) is 6.28. The van der Waals surface area contributed by atoms with E-state index in [1.54, 1.807) is 6.92 Å². The van der Waals surface area contributed by atoms with E-state index in [-0.39, 0.29) is 11.9 Å². The fraction of sp³-hybridized carbons (Fsp3) is 0.917. The van der Waals surface area contributed by atoms with Crippen molar-refractivity contribution in [1.82, 2.24) is 0 Å². The van der Waals surface area contributed by atoms with E-state index in [0.717, 1.165) is 51.4 Å². The van der Waals surface area contributed by atoms with Crippen LogP contribution >= 0.6 is 0 Å². The summed E-state index contributed by atoms with van der Waals surface area (Å²) >= 11 is 0. The Morgan fingerprint density at radius 2 is 1.77 bits per heavy atom. The zero-order chi connectivity index (χ0) is 21.6. The Bertz CT molecular complexity index is 651. The maximum Gasteiger partial charge on any atom is 0.337 e. The van der Waals surface area contributed by atoms with E-state index in [1.807, 2.05) is 20.8 Å². The Hall–Kier alpha value is -1.14. The van der Waals surface area contributed by atoms with E-state index < -0.39 is 29.0 Å². The first-order valence-electron chi connectivity index (χ1n) is 11.9. The Labute approximate surface area is 180 Å². The molecule has 0 aromatic heterocycles. The first-order chi connectivity index (χ1) is 14.1. The first kappa shape index (κ1) is 22.1. The molecule has 4 saturated carbocycles. The van der Waals surface area contributed by atoms with Gasteiger partial charge in [0.1, 0.15) is 5.60 Å². The highest BCUT2D eigenvalue weighted by Crippen LogP contribution is 2.60. The molecule has 0 spiro atoms. The third-order valence-corrected chi connectivity index (χ3v) is 7.84. The molecule has 30 heavy (non-hydrogen) atoms. The lowest BCUT2D eigenvalue weighted by molar-refractivity contribution is -0.253. The summed E-state index contributed by atoms with van der Waals surface area (Å²) in [4.78, 5) is 25.5. The molecule has 0 aromatic rings. The summed E-state index contributed by atoms with van der Waals surface area (Å²) in [6.45, 7) is 8.35. The maximum absolute atomic E-state index is 12.9. The standard InChI is InChI=1S/C24H38O6/c1-5-22(3,4)21(26)30-24-13-17-10-18(14-24)12-23(11-17,15-24)29-16(2)20(25)28-19-8-6-7-9-27-19/h16-19H,5-15H2,1-4H3. The zero-order valence-electron chi connectivity index (χ0n) is 19.0. The molecule has 6 nitrogen and oxygen atoms in total. The van der Waals surface area contributed by atoms with Gasteiger partial charge in [0.05, 0.1) is 17.6 Å². The molecule has 0 amide bonds. The maximum atomic E-state index is 12.9. The predicted octanol–water partition coefficient (Wildman–Crippen LogP) is 4.53. The van der Waals surface area contributed by atoms with Crippen molar-refractivity contribution < 1.29 is 28.5 Å². The molecule has 5 aliphatic rings. The molecule has 4 unspecified atom stereocenters. The molecule has 1 heterocycles. The largest absolute Gasteiger partial charge is 0.459 e. The summed E-state index contributed by atoms with van der Waals surface area (Å²) in [5.41, 5.74) is -1.31. The van der Waals surface area contributed by atoms with E-state index in [0.29, 0.717) is 24.9 Å². The van der Waals surface area contributed by atoms with Gasteiger partial charge < -0.3 is 18.9 Å². The predicted molar refractivity (Wildman–Crippen MR) is 111 cm³/mol. The molecule has 1 aliphatic heterocycles. The molecule has 5 fully saturated rings. The Morgan fingerprint density at radius 1 is 1.10 bits per heavy atom. The van der Waals surface area contributed by atoms with Gasteiger partial charge in [-0.1, -0.05) is 6.92 Å². The van der Waals surface area contributed by atoms with Crippen LogP contribution in [0.1, 0.15) is 91.9 Å². The van der Waals surface area contributed by atoms with Crippen LogP contribution in [0, 0.1) is 17.3 Å². The van der Waals surface area contributed by atoms with Gasteiger partial charge in [0.15, 0.2) is 6.10 Å². The molecule has 1 saturated heterocycles. The number of hydrogen-bond acceptors (Lipinski definition) is 6. The van der Waals surface area contributed by atoms with Crippen molar-refractivity contribution in [1.29, 1.82) is 0 Å². The second kappa shape index (κ2) is 8.09. The van der Waals surface area contributed by atoms with Gasteiger partial charge in [0, 0.05) is 12.8 Å². The van der Waals surface area contributed by atoms with Crippen LogP contribution in [-0.2, 0) is 28.5 Å². The van der Waals surface area contributed by atoms with E-state index in [2.05, 4.69) is 0 Å². The number of hydrogen-bond donors (Lipinski definition) is 0. The number of rotatable bonds is 7. The molecule has 0 N–H and O–H groups in total. The smallest absolute Gasteiger partial charge is 0.337 e. The molecule has 4 atom stereocenters. The molecule has 170 valence electrons. The minimum Gasteiger partial charge on any atom is -0.459 e. The van der Waals surface area contributed by atoms with Crippen LogP contribution in [-0.4, -0.2) is 42.1 Å². The summed E-state index contributed by atoms with van der Waals surface area (Å²) in [7, 11) is 0. The summed E-state index contributed by atoms with van der Waals surface area (Å²) in [5.74, 6) is 0.530. The highest BCUT2D eigenvalue weighted by molar-refractivity contribution is 5.76. The summed E-state index contributed by atoms with van der Waals surface area (Å²) < 4.78 is 23.8. The van der Waals surface area contributed by atoms with Gasteiger partial charge >= 0.3 is 11.9 Å². The summed E-state index contributed by atoms with van der Waals surface area (Å²) in [6.07, 6.45) is 8.04. The van der Waals surface area contributed by atoms with E-state index in [1.165, 1.54) is 6.42 Å². The Kier molecular flexibility index (Phi) is 5.95. The van der Waals surface area contributed by atoms with Gasteiger partial charge in [0.2, 0.25) is 6.29 Å². The molecular formula is C24H38O6. The molecular weight excluding hydrogens is 384 g/mol. The van der Waals surface area contributed by atoms with Crippen LogP contribution in [0.25, 0.3) is 0 Å². The normalized spacial score (nSPS) is 38.9. The molecule has 5 rings (SSSR count). The second-order valence-electron chi connectivity index (χ2n) is 10.9. The number of ether oxygens (including phenoxy) is 4. The van der Waals surface area contributed by atoms with Crippen molar-refractivity contribution >= 4 is 11.9 Å². The minimum atomic E-state index is -0.647. The van der Waals surface area contributed by atoms with Crippen molar-refractivity contribution in [2.45, 2.75) is 115 Å². The van der Waals surface area contributed by atoms with Crippen molar-refractivity contribution in [3.8, 4) is 0 Å². The van der Waals surface area contributed by atoms with Crippen molar-refractivity contribution in [2.24, 2.45) is 17.3 Å². The van der Waals surface area contributed by atoms with Crippen LogP contribution in [0.3, 0.4) is 0 Å². The van der Waals surface area contributed by atoms with Crippen molar-refractivity contribution in [3.63, 3.8) is 0 Å². The Balaban J connectivity index is 1.43. The van der Waals surface area contributed by atoms with Gasteiger partial charge in [-0.2, -0.15) is 0 Å². The van der Waals surface area contributed by atoms with E-state index in [9.17, 15) is 9.59 Å². The van der Waals surface area contributed by atoms with Gasteiger partial charge in [-0.15, -0.1) is 0 Å². The lowest BCUT2D eigenvalue weighted by Crippen LogP contribution is -2.62. The number of carbonyl (C=O) groups is 2.